The van der Waals surface area contributed by atoms with E-state index in [0.29, 0.717) is 0 Å². The van der Waals surface area contributed by atoms with Crippen molar-refractivity contribution < 1.29 is 0 Å². The molecule has 0 N–H and O–H groups in total. The highest BCUT2D eigenvalue weighted by Crippen LogP contribution is 2.40. The Bertz CT molecular complexity index is 644. The molecule has 2 bridgehead atoms. The maximum Gasteiger partial charge on any atom is 0.0477 e. The molecule has 0 saturated carbocycles. The Hall–Kier alpha value is -1.70. The summed E-state index contributed by atoms with van der Waals surface area (Å²) in [5, 5.41) is 2.81. The Kier molecular flexibility index (Phi) is 5.33. The summed E-state index contributed by atoms with van der Waals surface area (Å²) in [6.07, 6.45) is 8.07. The fourth-order valence-corrected chi connectivity index (χ4v) is 4.27. The van der Waals surface area contributed by atoms with Crippen molar-refractivity contribution in [3.05, 3.63) is 35.4 Å². The van der Waals surface area contributed by atoms with E-state index >= 15 is 0 Å². The highest BCUT2D eigenvalue weighted by Gasteiger charge is 2.19. The summed E-state index contributed by atoms with van der Waals surface area (Å²) >= 11 is 0. The molecule has 1 aliphatic rings. The maximum atomic E-state index is 2.49. The molecule has 2 nitrogen and oxygen atoms in total. The largest absolute Gasteiger partial charge is 0.374 e. The lowest BCUT2D eigenvalue weighted by Gasteiger charge is -2.30. The van der Waals surface area contributed by atoms with Gasteiger partial charge < -0.3 is 9.80 Å². The van der Waals surface area contributed by atoms with Crippen LogP contribution in [0.2, 0.25) is 0 Å². The van der Waals surface area contributed by atoms with Gasteiger partial charge >= 0.3 is 0 Å². The van der Waals surface area contributed by atoms with Gasteiger partial charge in [-0.15, -0.1) is 0 Å². The van der Waals surface area contributed by atoms with E-state index < -0.39 is 0 Å². The van der Waals surface area contributed by atoms with E-state index in [1.165, 1.54) is 71.8 Å². The molecule has 130 valence electrons. The van der Waals surface area contributed by atoms with Gasteiger partial charge in [0.05, 0.1) is 0 Å². The molecule has 24 heavy (non-hydrogen) atoms. The second-order valence-electron chi connectivity index (χ2n) is 7.46. The van der Waals surface area contributed by atoms with E-state index in [-0.39, 0.29) is 0 Å². The molecule has 0 spiro atoms. The van der Waals surface area contributed by atoms with Crippen LogP contribution in [0.5, 0.6) is 0 Å². The zero-order chi connectivity index (χ0) is 17.1. The van der Waals surface area contributed by atoms with Gasteiger partial charge in [0.2, 0.25) is 0 Å². The van der Waals surface area contributed by atoms with Crippen molar-refractivity contribution >= 4 is 22.1 Å². The zero-order valence-electron chi connectivity index (χ0n) is 15.9. The van der Waals surface area contributed by atoms with Gasteiger partial charge in [0.15, 0.2) is 0 Å². The lowest BCUT2D eigenvalue weighted by atomic mass is 9.95. The Labute approximate surface area is 147 Å². The summed E-state index contributed by atoms with van der Waals surface area (Å²) in [4.78, 5) is 4.97. The van der Waals surface area contributed by atoms with E-state index in [9.17, 15) is 0 Å². The van der Waals surface area contributed by atoms with E-state index in [2.05, 4.69) is 62.0 Å². The van der Waals surface area contributed by atoms with Crippen LogP contribution < -0.4 is 9.80 Å². The van der Waals surface area contributed by atoms with E-state index in [0.717, 1.165) is 13.1 Å². The number of benzene rings is 2. The lowest BCUT2D eigenvalue weighted by Crippen LogP contribution is -2.23. The first-order valence-corrected chi connectivity index (χ1v) is 9.55. The molecule has 0 saturated heterocycles. The molecular formula is C22H32N2. The number of nitrogens with zero attached hydrogens (tertiary/aromatic N) is 2. The Morgan fingerprint density at radius 3 is 1.42 bits per heavy atom. The van der Waals surface area contributed by atoms with E-state index in [4.69, 9.17) is 0 Å². The molecule has 3 rings (SSSR count). The van der Waals surface area contributed by atoms with Crippen LogP contribution in [0.4, 0.5) is 11.4 Å². The van der Waals surface area contributed by atoms with E-state index in [1.54, 1.807) is 0 Å². The van der Waals surface area contributed by atoms with Crippen molar-refractivity contribution in [2.24, 2.45) is 0 Å². The minimum absolute atomic E-state index is 1.15. The normalized spacial score (nSPS) is 17.3. The Morgan fingerprint density at radius 1 is 0.625 bits per heavy atom. The van der Waals surface area contributed by atoms with Crippen LogP contribution in [0.1, 0.15) is 49.7 Å². The van der Waals surface area contributed by atoms with Crippen LogP contribution in [0.15, 0.2) is 24.3 Å². The van der Waals surface area contributed by atoms with Crippen LogP contribution in [-0.4, -0.2) is 27.2 Å². The average Bonchev–Trinajstić information content (AvgIpc) is 2.57. The topological polar surface area (TPSA) is 6.48 Å². The number of hydrogen-bond acceptors (Lipinski definition) is 2. The average molecular weight is 325 g/mol. The first-order valence-electron chi connectivity index (χ1n) is 9.55. The Morgan fingerprint density at radius 2 is 1.00 bits per heavy atom. The monoisotopic (exact) mass is 324 g/mol. The third kappa shape index (κ3) is 3.24. The van der Waals surface area contributed by atoms with Gasteiger partial charge in [-0.1, -0.05) is 49.9 Å². The minimum atomic E-state index is 1.15. The van der Waals surface area contributed by atoms with E-state index in [1.807, 2.05) is 0 Å². The molecular weight excluding hydrogens is 292 g/mol. The molecule has 0 aliphatic carbocycles. The van der Waals surface area contributed by atoms with Crippen LogP contribution in [0, 0.1) is 13.8 Å². The number of rotatable bonds is 0. The summed E-state index contributed by atoms with van der Waals surface area (Å²) < 4.78 is 0. The van der Waals surface area contributed by atoms with Crippen LogP contribution in [0.3, 0.4) is 0 Å². The molecule has 2 aromatic carbocycles. The van der Waals surface area contributed by atoms with Gasteiger partial charge in [-0.25, -0.2) is 0 Å². The van der Waals surface area contributed by atoms with Crippen molar-refractivity contribution in [1.29, 1.82) is 0 Å². The molecule has 0 fully saturated rings. The summed E-state index contributed by atoms with van der Waals surface area (Å²) in [7, 11) is 4.53. The van der Waals surface area contributed by atoms with Crippen molar-refractivity contribution in [2.75, 3.05) is 37.0 Å². The van der Waals surface area contributed by atoms with Gasteiger partial charge in [-0.05, 0) is 37.8 Å². The fourth-order valence-electron chi connectivity index (χ4n) is 4.27. The summed E-state index contributed by atoms with van der Waals surface area (Å²) in [5.41, 5.74) is 5.74. The van der Waals surface area contributed by atoms with Crippen LogP contribution in [0.25, 0.3) is 10.8 Å². The second-order valence-corrected chi connectivity index (χ2v) is 7.46. The molecule has 0 unspecified atom stereocenters. The van der Waals surface area contributed by atoms with Gasteiger partial charge in [0.1, 0.15) is 0 Å². The molecule has 2 aromatic rings. The van der Waals surface area contributed by atoms with Gasteiger partial charge in [-0.2, -0.15) is 0 Å². The minimum Gasteiger partial charge on any atom is -0.374 e. The molecule has 2 heteroatoms. The van der Waals surface area contributed by atoms with Crippen molar-refractivity contribution in [3.63, 3.8) is 0 Å². The molecule has 1 aliphatic heterocycles. The Balaban J connectivity index is 2.19. The number of hydrogen-bond donors (Lipinski definition) is 0. The predicted octanol–water partition coefficient (Wildman–Crippen LogP) is 5.68. The molecule has 0 amide bonds. The second kappa shape index (κ2) is 7.46. The molecule has 0 aromatic heterocycles. The SMILES string of the molecule is Cc1c(C)c2c3ccccc3c1N(C)CCCCCCCCN2C. The maximum absolute atomic E-state index is 2.49. The standard InChI is InChI=1S/C22H32N2/c1-17-18(2)22-20-14-10-9-13-19(20)21(17)23(3)15-11-7-5-6-8-12-16-24(22)4/h9-10,13-14H,5-8,11-12,15-16H2,1-4H3. The molecule has 1 heterocycles. The number of anilines is 2. The quantitative estimate of drug-likeness (QED) is 0.615. The van der Waals surface area contributed by atoms with Crippen molar-refractivity contribution in [2.45, 2.75) is 52.4 Å². The van der Waals surface area contributed by atoms with Gasteiger partial charge in [0, 0.05) is 49.3 Å². The zero-order valence-corrected chi connectivity index (χ0v) is 15.9. The highest BCUT2D eigenvalue weighted by atomic mass is 15.1. The smallest absolute Gasteiger partial charge is 0.0477 e. The molecule has 0 atom stereocenters. The fraction of sp³-hybridized carbons (Fsp3) is 0.545. The van der Waals surface area contributed by atoms with Gasteiger partial charge in [-0.3, -0.25) is 0 Å². The molecule has 0 radical (unpaired) electrons. The van der Waals surface area contributed by atoms with Crippen molar-refractivity contribution in [1.82, 2.24) is 0 Å². The van der Waals surface area contributed by atoms with Crippen LogP contribution in [-0.2, 0) is 0 Å². The van der Waals surface area contributed by atoms with Gasteiger partial charge in [0.25, 0.3) is 0 Å². The van der Waals surface area contributed by atoms with Crippen LogP contribution >= 0.6 is 0 Å². The first-order chi connectivity index (χ1) is 11.6. The third-order valence-corrected chi connectivity index (χ3v) is 5.71. The predicted molar refractivity (Wildman–Crippen MR) is 108 cm³/mol. The van der Waals surface area contributed by atoms with Crippen molar-refractivity contribution in [3.8, 4) is 0 Å². The summed E-state index contributed by atoms with van der Waals surface area (Å²) in [6, 6.07) is 8.97. The third-order valence-electron chi connectivity index (χ3n) is 5.71. The summed E-state index contributed by atoms with van der Waals surface area (Å²) in [5.74, 6) is 0. The first kappa shape index (κ1) is 17.1. The summed E-state index contributed by atoms with van der Waals surface area (Å²) in [6.45, 7) is 6.91. The lowest BCUT2D eigenvalue weighted by molar-refractivity contribution is 0.591. The highest BCUT2D eigenvalue weighted by molar-refractivity contribution is 6.05.